The number of amides is 2. The first-order chi connectivity index (χ1) is 15.9. The predicted molar refractivity (Wildman–Crippen MR) is 125 cm³/mol. The molecule has 0 saturated heterocycles. The van der Waals surface area contributed by atoms with Gasteiger partial charge in [0.05, 0.1) is 20.3 Å². The molecule has 1 atom stereocenters. The number of hydrogen-bond donors (Lipinski definition) is 2. The molecule has 33 heavy (non-hydrogen) atoms. The minimum atomic E-state index is -0.393. The van der Waals surface area contributed by atoms with Crippen LogP contribution in [0.4, 0.5) is 10.1 Å². The van der Waals surface area contributed by atoms with Crippen molar-refractivity contribution in [2.75, 3.05) is 19.5 Å². The van der Waals surface area contributed by atoms with Gasteiger partial charge in [0, 0.05) is 23.7 Å². The van der Waals surface area contributed by atoms with Gasteiger partial charge in [-0.05, 0) is 73.0 Å². The maximum absolute atomic E-state index is 13.0. The molecule has 2 amide bonds. The summed E-state index contributed by atoms with van der Waals surface area (Å²) in [6, 6.07) is 17.9. The van der Waals surface area contributed by atoms with E-state index in [1.807, 2.05) is 31.2 Å². The van der Waals surface area contributed by atoms with Crippen molar-refractivity contribution in [1.29, 1.82) is 0 Å². The number of carbonyl (C=O) groups is 2. The SMILES string of the molecule is COc1cc(CCC(=O)NC(C)c2ccc(NC(=O)c3ccc(F)cc3)cc2)cc(OC)c1. The minimum absolute atomic E-state index is 0.0713. The summed E-state index contributed by atoms with van der Waals surface area (Å²) in [6.45, 7) is 1.90. The molecule has 172 valence electrons. The molecule has 0 saturated carbocycles. The van der Waals surface area contributed by atoms with Gasteiger partial charge in [-0.2, -0.15) is 0 Å². The van der Waals surface area contributed by atoms with E-state index in [1.54, 1.807) is 32.4 Å². The topological polar surface area (TPSA) is 76.7 Å². The molecule has 0 aliphatic heterocycles. The summed E-state index contributed by atoms with van der Waals surface area (Å²) in [6.07, 6.45) is 0.882. The van der Waals surface area contributed by atoms with Crippen LogP contribution in [-0.2, 0) is 11.2 Å². The van der Waals surface area contributed by atoms with Gasteiger partial charge in [0.15, 0.2) is 0 Å². The van der Waals surface area contributed by atoms with Gasteiger partial charge in [-0.1, -0.05) is 12.1 Å². The molecule has 6 nitrogen and oxygen atoms in total. The summed E-state index contributed by atoms with van der Waals surface area (Å²) in [7, 11) is 3.18. The summed E-state index contributed by atoms with van der Waals surface area (Å²) in [5, 5.41) is 5.76. The van der Waals surface area contributed by atoms with Crippen molar-refractivity contribution in [2.45, 2.75) is 25.8 Å². The van der Waals surface area contributed by atoms with Crippen molar-refractivity contribution in [3.63, 3.8) is 0 Å². The third-order valence-electron chi connectivity index (χ3n) is 5.20. The van der Waals surface area contributed by atoms with Crippen LogP contribution in [0.3, 0.4) is 0 Å². The van der Waals surface area contributed by atoms with Crippen molar-refractivity contribution in [2.24, 2.45) is 0 Å². The Balaban J connectivity index is 1.52. The first-order valence-corrected chi connectivity index (χ1v) is 10.6. The van der Waals surface area contributed by atoms with E-state index in [0.717, 1.165) is 11.1 Å². The summed E-state index contributed by atoms with van der Waals surface area (Å²) < 4.78 is 23.5. The number of rotatable bonds is 9. The molecule has 0 bridgehead atoms. The zero-order chi connectivity index (χ0) is 23.8. The average molecular weight is 451 g/mol. The smallest absolute Gasteiger partial charge is 0.255 e. The molecule has 1 unspecified atom stereocenters. The number of aryl methyl sites for hydroxylation is 1. The lowest BCUT2D eigenvalue weighted by atomic mass is 10.1. The highest BCUT2D eigenvalue weighted by Gasteiger charge is 2.12. The Kier molecular flexibility index (Phi) is 8.02. The lowest BCUT2D eigenvalue weighted by Crippen LogP contribution is -2.26. The molecule has 0 fully saturated rings. The van der Waals surface area contributed by atoms with Crippen molar-refractivity contribution in [1.82, 2.24) is 5.32 Å². The van der Waals surface area contributed by atoms with E-state index in [1.165, 1.54) is 24.3 Å². The van der Waals surface area contributed by atoms with Crippen LogP contribution >= 0.6 is 0 Å². The highest BCUT2D eigenvalue weighted by molar-refractivity contribution is 6.04. The van der Waals surface area contributed by atoms with E-state index >= 15 is 0 Å². The Bertz CT molecular complexity index is 1080. The van der Waals surface area contributed by atoms with Crippen molar-refractivity contribution in [3.05, 3.63) is 89.2 Å². The van der Waals surface area contributed by atoms with Crippen LogP contribution in [0.5, 0.6) is 11.5 Å². The van der Waals surface area contributed by atoms with Gasteiger partial charge < -0.3 is 20.1 Å². The zero-order valence-corrected chi connectivity index (χ0v) is 18.9. The summed E-state index contributed by atoms with van der Waals surface area (Å²) in [5.74, 6) is 0.584. The molecule has 0 aliphatic rings. The van der Waals surface area contributed by atoms with Gasteiger partial charge in [0.2, 0.25) is 5.91 Å². The Labute approximate surface area is 192 Å². The lowest BCUT2D eigenvalue weighted by molar-refractivity contribution is -0.121. The third-order valence-corrected chi connectivity index (χ3v) is 5.20. The maximum Gasteiger partial charge on any atom is 0.255 e. The van der Waals surface area contributed by atoms with Crippen LogP contribution in [-0.4, -0.2) is 26.0 Å². The van der Waals surface area contributed by atoms with E-state index in [2.05, 4.69) is 10.6 Å². The number of ether oxygens (including phenoxy) is 2. The van der Waals surface area contributed by atoms with Crippen molar-refractivity contribution >= 4 is 17.5 Å². The molecule has 0 heterocycles. The summed E-state index contributed by atoms with van der Waals surface area (Å²) in [4.78, 5) is 24.7. The van der Waals surface area contributed by atoms with Crippen molar-refractivity contribution < 1.29 is 23.5 Å². The second-order valence-electron chi connectivity index (χ2n) is 7.59. The fraction of sp³-hybridized carbons (Fsp3) is 0.231. The van der Waals surface area contributed by atoms with Crippen LogP contribution in [0.1, 0.15) is 40.9 Å². The van der Waals surface area contributed by atoms with Gasteiger partial charge >= 0.3 is 0 Å². The van der Waals surface area contributed by atoms with Gasteiger partial charge in [-0.15, -0.1) is 0 Å². The number of benzene rings is 3. The highest BCUT2D eigenvalue weighted by Crippen LogP contribution is 2.23. The summed E-state index contributed by atoms with van der Waals surface area (Å²) >= 11 is 0. The van der Waals surface area contributed by atoms with Crippen LogP contribution in [0, 0.1) is 5.82 Å². The second kappa shape index (κ2) is 11.1. The molecule has 0 aliphatic carbocycles. The zero-order valence-electron chi connectivity index (χ0n) is 18.9. The molecular formula is C26H27FN2O4. The first-order valence-electron chi connectivity index (χ1n) is 10.6. The fourth-order valence-corrected chi connectivity index (χ4v) is 3.33. The number of anilines is 1. The fourth-order valence-electron chi connectivity index (χ4n) is 3.33. The van der Waals surface area contributed by atoms with E-state index < -0.39 is 5.82 Å². The quantitative estimate of drug-likeness (QED) is 0.486. The Hall–Kier alpha value is -3.87. The summed E-state index contributed by atoms with van der Waals surface area (Å²) in [5.41, 5.74) is 2.84. The molecule has 2 N–H and O–H groups in total. The highest BCUT2D eigenvalue weighted by atomic mass is 19.1. The Morgan fingerprint density at radius 2 is 1.52 bits per heavy atom. The van der Waals surface area contributed by atoms with Crippen LogP contribution in [0.2, 0.25) is 0 Å². The van der Waals surface area contributed by atoms with Gasteiger partial charge in [0.1, 0.15) is 17.3 Å². The Morgan fingerprint density at radius 1 is 0.909 bits per heavy atom. The van der Waals surface area contributed by atoms with E-state index in [9.17, 15) is 14.0 Å². The monoisotopic (exact) mass is 450 g/mol. The molecule has 3 aromatic rings. The molecule has 0 aromatic heterocycles. The van der Waals surface area contributed by atoms with Crippen LogP contribution in [0.15, 0.2) is 66.7 Å². The minimum Gasteiger partial charge on any atom is -0.497 e. The Morgan fingerprint density at radius 3 is 2.09 bits per heavy atom. The number of nitrogens with one attached hydrogen (secondary N) is 2. The lowest BCUT2D eigenvalue weighted by Gasteiger charge is -2.15. The number of methoxy groups -OCH3 is 2. The van der Waals surface area contributed by atoms with Crippen LogP contribution in [0.25, 0.3) is 0 Å². The molecule has 7 heteroatoms. The molecular weight excluding hydrogens is 423 g/mol. The number of carbonyl (C=O) groups excluding carboxylic acids is 2. The predicted octanol–water partition coefficient (Wildman–Crippen LogP) is 4.91. The molecule has 0 spiro atoms. The van der Waals surface area contributed by atoms with Crippen molar-refractivity contribution in [3.8, 4) is 11.5 Å². The third kappa shape index (κ3) is 6.80. The largest absolute Gasteiger partial charge is 0.497 e. The molecule has 0 radical (unpaired) electrons. The number of halogens is 1. The standard InChI is InChI=1S/C26H27FN2O4/c1-17(28-25(30)13-4-18-14-23(32-2)16-24(15-18)33-3)19-7-11-22(12-8-19)29-26(31)20-5-9-21(27)10-6-20/h5-12,14-17H,4,13H2,1-3H3,(H,28,30)(H,29,31). The van der Waals surface area contributed by atoms with Gasteiger partial charge in [-0.25, -0.2) is 4.39 Å². The van der Waals surface area contributed by atoms with Crippen LogP contribution < -0.4 is 20.1 Å². The first kappa shape index (κ1) is 23.8. The molecule has 3 aromatic carbocycles. The van der Waals surface area contributed by atoms with E-state index in [4.69, 9.17) is 9.47 Å². The average Bonchev–Trinajstić information content (AvgIpc) is 2.83. The second-order valence-corrected chi connectivity index (χ2v) is 7.59. The normalized spacial score (nSPS) is 11.4. The van der Waals surface area contributed by atoms with Gasteiger partial charge in [-0.3, -0.25) is 9.59 Å². The van der Waals surface area contributed by atoms with Gasteiger partial charge in [0.25, 0.3) is 5.91 Å². The molecule has 3 rings (SSSR count). The van der Waals surface area contributed by atoms with E-state index in [-0.39, 0.29) is 17.9 Å². The van der Waals surface area contributed by atoms with E-state index in [0.29, 0.717) is 35.6 Å². The maximum atomic E-state index is 13.0. The number of hydrogen-bond acceptors (Lipinski definition) is 4.